The zero-order chi connectivity index (χ0) is 9.42. The number of hydrogen-bond donors (Lipinski definition) is 0. The summed E-state index contributed by atoms with van der Waals surface area (Å²) in [5, 5.41) is -0.471. The van der Waals surface area contributed by atoms with Crippen LogP contribution in [0.3, 0.4) is 0 Å². The molecule has 0 saturated carbocycles. The van der Waals surface area contributed by atoms with Gasteiger partial charge in [0.1, 0.15) is 5.38 Å². The van der Waals surface area contributed by atoms with Gasteiger partial charge in [-0.2, -0.15) is 0 Å². The van der Waals surface area contributed by atoms with Crippen LogP contribution in [0.15, 0.2) is 34.3 Å². The quantitative estimate of drug-likeness (QED) is 0.575. The molecule has 1 unspecified atom stereocenters. The van der Waals surface area contributed by atoms with Crippen LogP contribution in [0.2, 0.25) is 0 Å². The molecular formula is C10H9ClOS. The average Bonchev–Trinajstić information content (AvgIpc) is 2.12. The van der Waals surface area contributed by atoms with Crippen LogP contribution < -0.4 is 0 Å². The lowest BCUT2D eigenvalue weighted by atomic mass is 9.93. The summed E-state index contributed by atoms with van der Waals surface area (Å²) in [6.45, 7) is 1.98. The Kier molecular flexibility index (Phi) is 2.35. The zero-order valence-corrected chi connectivity index (χ0v) is 8.78. The van der Waals surface area contributed by atoms with Crippen LogP contribution >= 0.6 is 23.4 Å². The second kappa shape index (κ2) is 3.35. The third-order valence-corrected chi connectivity index (χ3v) is 3.50. The zero-order valence-electron chi connectivity index (χ0n) is 7.21. The lowest BCUT2D eigenvalue weighted by molar-refractivity contribution is -0.114. The van der Waals surface area contributed by atoms with Gasteiger partial charge < -0.3 is 0 Å². The molecule has 0 aromatic carbocycles. The van der Waals surface area contributed by atoms with Gasteiger partial charge in [0.15, 0.2) is 5.78 Å². The van der Waals surface area contributed by atoms with Gasteiger partial charge in [-0.15, -0.1) is 23.4 Å². The molecule has 68 valence electrons. The van der Waals surface area contributed by atoms with Crippen LogP contribution in [-0.2, 0) is 4.79 Å². The first-order valence-corrected chi connectivity index (χ1v) is 5.53. The number of allylic oxidation sites excluding steroid dienone is 5. The number of fused-ring (bicyclic) bond motifs is 1. The smallest absolute Gasteiger partial charge is 0.185 e. The van der Waals surface area contributed by atoms with Crippen molar-refractivity contribution in [2.75, 3.05) is 5.75 Å². The highest BCUT2D eigenvalue weighted by molar-refractivity contribution is 8.03. The van der Waals surface area contributed by atoms with Crippen molar-refractivity contribution in [3.63, 3.8) is 0 Å². The SMILES string of the molecule is CC1=C2C(=O)C(Cl)C=CC2=CCS1. The summed E-state index contributed by atoms with van der Waals surface area (Å²) in [5.41, 5.74) is 1.86. The van der Waals surface area contributed by atoms with Crippen molar-refractivity contribution in [1.82, 2.24) is 0 Å². The molecule has 1 heterocycles. The van der Waals surface area contributed by atoms with Crippen LogP contribution in [0.1, 0.15) is 6.92 Å². The highest BCUT2D eigenvalue weighted by Crippen LogP contribution is 2.34. The maximum Gasteiger partial charge on any atom is 0.185 e. The Morgan fingerprint density at radius 1 is 1.62 bits per heavy atom. The number of halogens is 1. The topological polar surface area (TPSA) is 17.1 Å². The maximum atomic E-state index is 11.7. The highest BCUT2D eigenvalue weighted by Gasteiger charge is 2.27. The van der Waals surface area contributed by atoms with E-state index in [-0.39, 0.29) is 5.78 Å². The van der Waals surface area contributed by atoms with Crippen LogP contribution in [0, 0.1) is 0 Å². The molecule has 2 rings (SSSR count). The third-order valence-electron chi connectivity index (χ3n) is 2.19. The van der Waals surface area contributed by atoms with Gasteiger partial charge in [0.25, 0.3) is 0 Å². The maximum absolute atomic E-state index is 11.7. The van der Waals surface area contributed by atoms with E-state index in [0.717, 1.165) is 21.8 Å². The second-order valence-electron chi connectivity index (χ2n) is 3.03. The molecule has 0 radical (unpaired) electrons. The van der Waals surface area contributed by atoms with Gasteiger partial charge in [-0.05, 0) is 17.4 Å². The molecule has 0 spiro atoms. The molecule has 0 aromatic rings. The number of thioether (sulfide) groups is 1. The monoisotopic (exact) mass is 212 g/mol. The van der Waals surface area contributed by atoms with Crippen LogP contribution in [0.5, 0.6) is 0 Å². The average molecular weight is 213 g/mol. The molecule has 0 saturated heterocycles. The summed E-state index contributed by atoms with van der Waals surface area (Å²) in [5.74, 6) is 0.995. The molecule has 0 aromatic heterocycles. The lowest BCUT2D eigenvalue weighted by Crippen LogP contribution is -2.21. The van der Waals surface area contributed by atoms with E-state index >= 15 is 0 Å². The molecular weight excluding hydrogens is 204 g/mol. The molecule has 1 aliphatic heterocycles. The van der Waals surface area contributed by atoms with Crippen molar-refractivity contribution in [1.29, 1.82) is 0 Å². The minimum atomic E-state index is -0.471. The van der Waals surface area contributed by atoms with Gasteiger partial charge >= 0.3 is 0 Å². The number of hydrogen-bond acceptors (Lipinski definition) is 2. The number of carbonyl (C=O) groups excluding carboxylic acids is 1. The fourth-order valence-electron chi connectivity index (χ4n) is 1.51. The predicted octanol–water partition coefficient (Wildman–Crippen LogP) is 2.68. The Hall–Kier alpha value is -0.470. The van der Waals surface area contributed by atoms with Gasteiger partial charge in [0.05, 0.1) is 0 Å². The lowest BCUT2D eigenvalue weighted by Gasteiger charge is -2.21. The van der Waals surface area contributed by atoms with E-state index < -0.39 is 5.38 Å². The summed E-state index contributed by atoms with van der Waals surface area (Å²) >= 11 is 7.54. The van der Waals surface area contributed by atoms with Gasteiger partial charge in [-0.1, -0.05) is 18.2 Å². The Bertz CT molecular complexity index is 352. The standard InChI is InChI=1S/C10H9ClOS/c1-6-9-7(4-5-13-6)2-3-8(11)10(9)12/h2-4,8H,5H2,1H3. The van der Waals surface area contributed by atoms with E-state index in [1.54, 1.807) is 17.8 Å². The molecule has 2 aliphatic rings. The first kappa shape index (κ1) is 9.10. The van der Waals surface area contributed by atoms with Gasteiger partial charge in [0.2, 0.25) is 0 Å². The fourth-order valence-corrected chi connectivity index (χ4v) is 2.57. The van der Waals surface area contributed by atoms with E-state index in [9.17, 15) is 4.79 Å². The molecule has 3 heteroatoms. The Labute approximate surface area is 86.5 Å². The molecule has 1 atom stereocenters. The van der Waals surface area contributed by atoms with Crippen LogP contribution in [0.25, 0.3) is 0 Å². The summed E-state index contributed by atoms with van der Waals surface area (Å²) in [7, 11) is 0. The van der Waals surface area contributed by atoms with E-state index in [1.807, 2.05) is 13.0 Å². The van der Waals surface area contributed by atoms with E-state index in [2.05, 4.69) is 6.08 Å². The molecule has 1 nitrogen and oxygen atoms in total. The van der Waals surface area contributed by atoms with Crippen molar-refractivity contribution in [3.05, 3.63) is 34.3 Å². The minimum Gasteiger partial charge on any atom is -0.292 e. The van der Waals surface area contributed by atoms with Gasteiger partial charge in [-0.3, -0.25) is 4.79 Å². The van der Waals surface area contributed by atoms with Crippen molar-refractivity contribution in [2.24, 2.45) is 0 Å². The fraction of sp³-hybridized carbons (Fsp3) is 0.300. The van der Waals surface area contributed by atoms with Gasteiger partial charge in [0, 0.05) is 11.3 Å². The predicted molar refractivity (Wildman–Crippen MR) is 57.0 cm³/mol. The Morgan fingerprint density at radius 2 is 2.38 bits per heavy atom. The molecule has 1 aliphatic carbocycles. The van der Waals surface area contributed by atoms with Crippen molar-refractivity contribution in [3.8, 4) is 0 Å². The summed E-state index contributed by atoms with van der Waals surface area (Å²) < 4.78 is 0. The second-order valence-corrected chi connectivity index (χ2v) is 4.73. The first-order chi connectivity index (χ1) is 6.20. The summed E-state index contributed by atoms with van der Waals surface area (Å²) in [6.07, 6.45) is 5.77. The summed E-state index contributed by atoms with van der Waals surface area (Å²) in [4.78, 5) is 12.8. The van der Waals surface area contributed by atoms with Crippen molar-refractivity contribution in [2.45, 2.75) is 12.3 Å². The molecule has 0 bridgehead atoms. The number of carbonyl (C=O) groups is 1. The number of ketones is 1. The van der Waals surface area contributed by atoms with Crippen molar-refractivity contribution >= 4 is 29.1 Å². The largest absolute Gasteiger partial charge is 0.292 e. The number of rotatable bonds is 0. The molecule has 0 fully saturated rings. The van der Waals surface area contributed by atoms with Crippen molar-refractivity contribution < 1.29 is 4.79 Å². The number of Topliss-reactive ketones (excluding diaryl/α,β-unsaturated/α-hetero) is 1. The molecule has 13 heavy (non-hydrogen) atoms. The third kappa shape index (κ3) is 1.49. The highest BCUT2D eigenvalue weighted by atomic mass is 35.5. The molecule has 0 N–H and O–H groups in total. The van der Waals surface area contributed by atoms with Gasteiger partial charge in [-0.25, -0.2) is 0 Å². The molecule has 0 amide bonds. The normalized spacial score (nSPS) is 27.4. The van der Waals surface area contributed by atoms with E-state index in [1.165, 1.54) is 0 Å². The van der Waals surface area contributed by atoms with Crippen LogP contribution in [0.4, 0.5) is 0 Å². The summed E-state index contributed by atoms with van der Waals surface area (Å²) in [6, 6.07) is 0. The van der Waals surface area contributed by atoms with E-state index in [4.69, 9.17) is 11.6 Å². The van der Waals surface area contributed by atoms with E-state index in [0.29, 0.717) is 0 Å². The minimum absolute atomic E-state index is 0.0418. The van der Waals surface area contributed by atoms with Crippen LogP contribution in [-0.4, -0.2) is 16.9 Å². The number of alkyl halides is 1. The Balaban J connectivity index is 2.53. The Morgan fingerprint density at radius 3 is 3.15 bits per heavy atom. The first-order valence-electron chi connectivity index (χ1n) is 4.11.